The summed E-state index contributed by atoms with van der Waals surface area (Å²) in [6.45, 7) is 1.17. The van der Waals surface area contributed by atoms with Gasteiger partial charge in [0.1, 0.15) is 0 Å². The number of rotatable bonds is 3. The molecule has 1 fully saturated rings. The molecule has 0 saturated carbocycles. The van der Waals surface area contributed by atoms with Crippen LogP contribution in [0.5, 0.6) is 0 Å². The van der Waals surface area contributed by atoms with E-state index in [1.807, 2.05) is 0 Å². The molecule has 0 radical (unpaired) electrons. The molecule has 0 spiro atoms. The Kier molecular flexibility index (Phi) is 2.78. The number of benzene rings is 1. The highest BCUT2D eigenvalue weighted by atomic mass is 35.5. The molecule has 15 heavy (non-hydrogen) atoms. The lowest BCUT2D eigenvalue weighted by Gasteiger charge is -2.38. The van der Waals surface area contributed by atoms with E-state index in [0.717, 1.165) is 0 Å². The maximum atomic E-state index is 12.1. The maximum absolute atomic E-state index is 12.1. The standard InChI is InChI=1S/C11H12ClNO2/c12-9-3-1-8(2-4-9)10(14)11(5-13)6-15-7-11/h1-4H,5-7,13H2. The zero-order chi connectivity index (χ0) is 10.9. The Morgan fingerprint density at radius 3 is 2.40 bits per heavy atom. The summed E-state index contributed by atoms with van der Waals surface area (Å²) in [5.41, 5.74) is 5.75. The summed E-state index contributed by atoms with van der Waals surface area (Å²) in [5, 5.41) is 0.623. The molecule has 2 N–H and O–H groups in total. The van der Waals surface area contributed by atoms with Crippen molar-refractivity contribution in [1.29, 1.82) is 0 Å². The minimum atomic E-state index is -0.506. The van der Waals surface area contributed by atoms with E-state index in [4.69, 9.17) is 22.1 Å². The highest BCUT2D eigenvalue weighted by Gasteiger charge is 2.44. The summed E-state index contributed by atoms with van der Waals surface area (Å²) in [7, 11) is 0. The number of ketones is 1. The third-order valence-electron chi connectivity index (χ3n) is 2.74. The summed E-state index contributed by atoms with van der Waals surface area (Å²) < 4.78 is 5.07. The molecule has 1 aromatic carbocycles. The van der Waals surface area contributed by atoms with Crippen LogP contribution in [0.1, 0.15) is 10.4 Å². The number of nitrogens with two attached hydrogens (primary N) is 1. The molecule has 80 valence electrons. The Bertz CT molecular complexity index is 365. The zero-order valence-electron chi connectivity index (χ0n) is 8.20. The Balaban J connectivity index is 2.24. The molecule has 1 aromatic rings. The molecule has 2 rings (SSSR count). The summed E-state index contributed by atoms with van der Waals surface area (Å²) in [6.07, 6.45) is 0. The minimum absolute atomic E-state index is 0.0490. The first-order valence-corrected chi connectivity index (χ1v) is 5.14. The first kappa shape index (κ1) is 10.6. The fraction of sp³-hybridized carbons (Fsp3) is 0.364. The van der Waals surface area contributed by atoms with Gasteiger partial charge in [-0.05, 0) is 24.3 Å². The highest BCUT2D eigenvalue weighted by Crippen LogP contribution is 2.30. The third kappa shape index (κ3) is 1.78. The fourth-order valence-electron chi connectivity index (χ4n) is 1.60. The number of carbonyl (C=O) groups excluding carboxylic acids is 1. The van der Waals surface area contributed by atoms with Gasteiger partial charge < -0.3 is 10.5 Å². The number of hydrogen-bond donors (Lipinski definition) is 1. The number of carbonyl (C=O) groups is 1. The maximum Gasteiger partial charge on any atom is 0.174 e. The van der Waals surface area contributed by atoms with Crippen molar-refractivity contribution in [3.8, 4) is 0 Å². The molecule has 0 aliphatic carbocycles. The van der Waals surface area contributed by atoms with E-state index in [1.54, 1.807) is 24.3 Å². The van der Waals surface area contributed by atoms with Crippen LogP contribution in [0.2, 0.25) is 5.02 Å². The number of ether oxygens (including phenoxy) is 1. The van der Waals surface area contributed by atoms with E-state index in [1.165, 1.54) is 0 Å². The molecule has 1 aliphatic rings. The highest BCUT2D eigenvalue weighted by molar-refractivity contribution is 6.30. The molecule has 3 nitrogen and oxygen atoms in total. The van der Waals surface area contributed by atoms with Gasteiger partial charge in [-0.2, -0.15) is 0 Å². The molecular weight excluding hydrogens is 214 g/mol. The molecule has 4 heteroatoms. The van der Waals surface area contributed by atoms with Crippen LogP contribution in [-0.4, -0.2) is 25.5 Å². The summed E-state index contributed by atoms with van der Waals surface area (Å²) in [6, 6.07) is 6.86. The van der Waals surface area contributed by atoms with Crippen LogP contribution in [-0.2, 0) is 4.74 Å². The minimum Gasteiger partial charge on any atom is -0.379 e. The van der Waals surface area contributed by atoms with Crippen LogP contribution in [0.15, 0.2) is 24.3 Å². The van der Waals surface area contributed by atoms with Crippen molar-refractivity contribution in [1.82, 2.24) is 0 Å². The van der Waals surface area contributed by atoms with Crippen LogP contribution in [0, 0.1) is 5.41 Å². The van der Waals surface area contributed by atoms with E-state index in [2.05, 4.69) is 0 Å². The lowest BCUT2D eigenvalue weighted by molar-refractivity contribution is -0.0816. The van der Waals surface area contributed by atoms with Crippen molar-refractivity contribution in [2.75, 3.05) is 19.8 Å². The summed E-state index contributed by atoms with van der Waals surface area (Å²) >= 11 is 5.75. The van der Waals surface area contributed by atoms with Gasteiger partial charge in [0, 0.05) is 17.1 Å². The summed E-state index contributed by atoms with van der Waals surface area (Å²) in [4.78, 5) is 12.1. The van der Waals surface area contributed by atoms with Crippen LogP contribution in [0.3, 0.4) is 0 Å². The topological polar surface area (TPSA) is 52.3 Å². The second-order valence-electron chi connectivity index (χ2n) is 3.81. The Labute approximate surface area is 93.2 Å². The molecule has 0 atom stereocenters. The van der Waals surface area contributed by atoms with Crippen molar-refractivity contribution in [2.24, 2.45) is 11.1 Å². The molecular formula is C11H12ClNO2. The van der Waals surface area contributed by atoms with Crippen LogP contribution in [0.4, 0.5) is 0 Å². The smallest absolute Gasteiger partial charge is 0.174 e. The zero-order valence-corrected chi connectivity index (χ0v) is 8.96. The van der Waals surface area contributed by atoms with Crippen LogP contribution in [0.25, 0.3) is 0 Å². The molecule has 0 unspecified atom stereocenters. The van der Waals surface area contributed by atoms with Crippen molar-refractivity contribution in [3.05, 3.63) is 34.9 Å². The van der Waals surface area contributed by atoms with Gasteiger partial charge in [-0.1, -0.05) is 11.6 Å². The molecule has 1 saturated heterocycles. The predicted molar refractivity (Wildman–Crippen MR) is 58.1 cm³/mol. The van der Waals surface area contributed by atoms with E-state index in [-0.39, 0.29) is 5.78 Å². The van der Waals surface area contributed by atoms with Crippen molar-refractivity contribution >= 4 is 17.4 Å². The number of halogens is 1. The molecule has 0 amide bonds. The molecule has 1 heterocycles. The fourth-order valence-corrected chi connectivity index (χ4v) is 1.72. The van der Waals surface area contributed by atoms with Gasteiger partial charge in [0.2, 0.25) is 0 Å². The van der Waals surface area contributed by atoms with Crippen molar-refractivity contribution in [2.45, 2.75) is 0 Å². The first-order chi connectivity index (χ1) is 7.18. The second kappa shape index (κ2) is 3.93. The Hall–Kier alpha value is -0.900. The van der Waals surface area contributed by atoms with Gasteiger partial charge in [-0.15, -0.1) is 0 Å². The average Bonchev–Trinajstić information content (AvgIpc) is 2.18. The largest absolute Gasteiger partial charge is 0.379 e. The van der Waals surface area contributed by atoms with E-state index < -0.39 is 5.41 Å². The third-order valence-corrected chi connectivity index (χ3v) is 2.99. The van der Waals surface area contributed by atoms with Crippen molar-refractivity contribution in [3.63, 3.8) is 0 Å². The Morgan fingerprint density at radius 1 is 1.40 bits per heavy atom. The van der Waals surface area contributed by atoms with Gasteiger partial charge >= 0.3 is 0 Å². The predicted octanol–water partition coefficient (Wildman–Crippen LogP) is 1.50. The van der Waals surface area contributed by atoms with E-state index in [0.29, 0.717) is 30.3 Å². The van der Waals surface area contributed by atoms with Gasteiger partial charge in [-0.3, -0.25) is 4.79 Å². The SMILES string of the molecule is NCC1(C(=O)c2ccc(Cl)cc2)COC1. The van der Waals surface area contributed by atoms with Crippen molar-refractivity contribution < 1.29 is 9.53 Å². The number of Topliss-reactive ketones (excluding diaryl/α,β-unsaturated/α-hetero) is 1. The summed E-state index contributed by atoms with van der Waals surface area (Å²) in [5.74, 6) is 0.0490. The lowest BCUT2D eigenvalue weighted by atomic mass is 9.78. The van der Waals surface area contributed by atoms with Crippen LogP contribution >= 0.6 is 11.6 Å². The molecule has 0 bridgehead atoms. The van der Waals surface area contributed by atoms with Gasteiger partial charge in [0.05, 0.1) is 18.6 Å². The average molecular weight is 226 g/mol. The van der Waals surface area contributed by atoms with Crippen LogP contribution < -0.4 is 5.73 Å². The van der Waals surface area contributed by atoms with Gasteiger partial charge in [0.25, 0.3) is 0 Å². The molecule has 1 aliphatic heterocycles. The normalized spacial score (nSPS) is 18.3. The van der Waals surface area contributed by atoms with E-state index >= 15 is 0 Å². The van der Waals surface area contributed by atoms with E-state index in [9.17, 15) is 4.79 Å². The van der Waals surface area contributed by atoms with Gasteiger partial charge in [0.15, 0.2) is 5.78 Å². The van der Waals surface area contributed by atoms with Gasteiger partial charge in [-0.25, -0.2) is 0 Å². The number of hydrogen-bond acceptors (Lipinski definition) is 3. The Morgan fingerprint density at radius 2 is 2.00 bits per heavy atom. The first-order valence-electron chi connectivity index (χ1n) is 4.76. The monoisotopic (exact) mass is 225 g/mol. The quantitative estimate of drug-likeness (QED) is 0.794. The lowest BCUT2D eigenvalue weighted by Crippen LogP contribution is -2.54. The molecule has 0 aromatic heterocycles. The second-order valence-corrected chi connectivity index (χ2v) is 4.25.